The number of aromatic nitrogens is 1. The average Bonchev–Trinajstić information content (AvgIpc) is 2.76. The topological polar surface area (TPSA) is 78.8 Å². The summed E-state index contributed by atoms with van der Waals surface area (Å²) in [5, 5.41) is 8.10. The molecule has 0 spiro atoms. The Morgan fingerprint density at radius 1 is 1.23 bits per heavy atom. The van der Waals surface area contributed by atoms with Gasteiger partial charge in [-0.2, -0.15) is 0 Å². The number of benzene rings is 1. The minimum Gasteiger partial charge on any atom is -0.466 e. The third-order valence-corrected chi connectivity index (χ3v) is 5.60. The van der Waals surface area contributed by atoms with Crippen LogP contribution in [0.5, 0.6) is 0 Å². The first-order valence-corrected chi connectivity index (χ1v) is 10.7. The molecule has 7 nitrogen and oxygen atoms in total. The van der Waals surface area contributed by atoms with E-state index in [1.165, 1.54) is 5.56 Å². The fourth-order valence-electron chi connectivity index (χ4n) is 3.91. The number of nitrogens with zero attached hydrogens (tertiary/aromatic N) is 3. The number of fused-ring (bicyclic) bond motifs is 1. The number of hydrogen-bond acceptors (Lipinski definition) is 5. The van der Waals surface area contributed by atoms with Gasteiger partial charge in [0.2, 0.25) is 0 Å². The van der Waals surface area contributed by atoms with Crippen molar-refractivity contribution in [2.45, 2.75) is 45.2 Å². The van der Waals surface area contributed by atoms with Gasteiger partial charge >= 0.3 is 5.97 Å². The molecular weight excluding hydrogens is 505 g/mol. The molecule has 0 amide bonds. The summed E-state index contributed by atoms with van der Waals surface area (Å²) in [6.45, 7) is 2.96. The Kier molecular flexibility index (Phi) is 9.80. The van der Waals surface area contributed by atoms with Gasteiger partial charge in [-0.3, -0.25) is 9.79 Å². The quantitative estimate of drug-likeness (QED) is 0.252. The largest absolute Gasteiger partial charge is 0.466 e. The number of carbonyl (C=O) groups is 1. The molecule has 2 N–H and O–H groups in total. The number of rotatable bonds is 6. The van der Waals surface area contributed by atoms with Crippen molar-refractivity contribution >= 4 is 52.6 Å². The minimum atomic E-state index is -0.0558. The lowest BCUT2D eigenvalue weighted by atomic mass is 9.86. The summed E-state index contributed by atoms with van der Waals surface area (Å²) in [5.74, 6) is 1.69. The first-order valence-electron chi connectivity index (χ1n) is 10.7. The van der Waals surface area contributed by atoms with Crippen LogP contribution in [-0.2, 0) is 16.1 Å². The van der Waals surface area contributed by atoms with E-state index in [4.69, 9.17) is 9.72 Å². The van der Waals surface area contributed by atoms with Gasteiger partial charge in [-0.25, -0.2) is 4.98 Å². The monoisotopic (exact) mass is 539 g/mol. The smallest absolute Gasteiger partial charge is 0.308 e. The van der Waals surface area contributed by atoms with Gasteiger partial charge in [0, 0.05) is 39.1 Å². The van der Waals surface area contributed by atoms with Crippen LogP contribution in [0.25, 0.3) is 10.9 Å². The van der Waals surface area contributed by atoms with E-state index < -0.39 is 0 Å². The van der Waals surface area contributed by atoms with Crippen molar-refractivity contribution in [1.82, 2.24) is 15.6 Å². The fraction of sp³-hybridized carbons (Fsp3) is 0.522. The number of hydrogen-bond donors (Lipinski definition) is 2. The Morgan fingerprint density at radius 2 is 1.94 bits per heavy atom. The van der Waals surface area contributed by atoms with Gasteiger partial charge in [0.15, 0.2) is 5.96 Å². The lowest BCUT2D eigenvalue weighted by Gasteiger charge is -2.29. The van der Waals surface area contributed by atoms with Crippen molar-refractivity contribution in [3.63, 3.8) is 0 Å². The predicted molar refractivity (Wildman–Crippen MR) is 137 cm³/mol. The Labute approximate surface area is 202 Å². The molecule has 31 heavy (non-hydrogen) atoms. The van der Waals surface area contributed by atoms with Gasteiger partial charge in [-0.1, -0.05) is 18.2 Å². The average molecular weight is 539 g/mol. The van der Waals surface area contributed by atoms with Crippen molar-refractivity contribution < 1.29 is 9.53 Å². The number of pyridine rings is 1. The molecule has 1 saturated carbocycles. The molecule has 1 heterocycles. The molecule has 2 aromatic rings. The highest BCUT2D eigenvalue weighted by Crippen LogP contribution is 2.25. The summed E-state index contributed by atoms with van der Waals surface area (Å²) in [5.41, 5.74) is 2.17. The zero-order valence-electron chi connectivity index (χ0n) is 18.9. The Hall–Kier alpha value is -2.10. The fourth-order valence-corrected chi connectivity index (χ4v) is 3.91. The van der Waals surface area contributed by atoms with Gasteiger partial charge in [0.1, 0.15) is 5.82 Å². The van der Waals surface area contributed by atoms with E-state index in [1.54, 1.807) is 7.05 Å². The van der Waals surface area contributed by atoms with Gasteiger partial charge in [0.25, 0.3) is 0 Å². The van der Waals surface area contributed by atoms with E-state index in [0.717, 1.165) is 48.4 Å². The summed E-state index contributed by atoms with van der Waals surface area (Å²) in [6, 6.07) is 10.6. The number of ether oxygens (including phenoxy) is 1. The summed E-state index contributed by atoms with van der Waals surface area (Å²) >= 11 is 0. The Bertz CT molecular complexity index is 895. The molecule has 8 heteroatoms. The second-order valence-corrected chi connectivity index (χ2v) is 7.92. The van der Waals surface area contributed by atoms with Crippen LogP contribution in [0.2, 0.25) is 0 Å². The second kappa shape index (κ2) is 12.1. The highest BCUT2D eigenvalue weighted by molar-refractivity contribution is 14.0. The van der Waals surface area contributed by atoms with E-state index in [-0.39, 0.29) is 35.9 Å². The summed E-state index contributed by atoms with van der Waals surface area (Å²) in [4.78, 5) is 23.1. The number of aliphatic imine (C=N–C) groups is 1. The maximum Gasteiger partial charge on any atom is 0.308 e. The summed E-state index contributed by atoms with van der Waals surface area (Å²) in [6.07, 6.45) is 3.59. The Balaban J connectivity index is 0.00000341. The zero-order chi connectivity index (χ0) is 21.5. The van der Waals surface area contributed by atoms with Gasteiger partial charge < -0.3 is 20.3 Å². The molecule has 0 bridgehead atoms. The van der Waals surface area contributed by atoms with E-state index in [9.17, 15) is 4.79 Å². The molecule has 0 atom stereocenters. The van der Waals surface area contributed by atoms with Gasteiger partial charge in [0.05, 0.1) is 18.0 Å². The van der Waals surface area contributed by atoms with E-state index >= 15 is 0 Å². The number of nitrogens with one attached hydrogen (secondary N) is 2. The van der Waals surface area contributed by atoms with Crippen molar-refractivity contribution in [1.29, 1.82) is 0 Å². The van der Waals surface area contributed by atoms with Crippen molar-refractivity contribution in [3.8, 4) is 0 Å². The minimum absolute atomic E-state index is 0. The summed E-state index contributed by atoms with van der Waals surface area (Å²) in [7, 11) is 5.79. The molecule has 1 aliphatic rings. The standard InChI is InChI=1S/C23H33N5O2.HI/c1-5-30-22(29)16-10-12-18(13-11-16)26-23(24-2)25-15-17-14-21(28(3)4)27-20-9-7-6-8-19(17)20;/h6-9,14,16,18H,5,10-13,15H2,1-4H3,(H2,24,25,26);1H. The number of esters is 1. The van der Waals surface area contributed by atoms with Gasteiger partial charge in [-0.05, 0) is 50.3 Å². The SMILES string of the molecule is CCOC(=O)C1CCC(NC(=NC)NCc2cc(N(C)C)nc3ccccc23)CC1.I. The maximum atomic E-state index is 11.9. The van der Waals surface area contributed by atoms with Gasteiger partial charge in [-0.15, -0.1) is 24.0 Å². The van der Waals surface area contributed by atoms with Crippen LogP contribution in [0, 0.1) is 5.92 Å². The first-order chi connectivity index (χ1) is 14.5. The molecule has 1 aromatic carbocycles. The van der Waals surface area contributed by atoms with Crippen LogP contribution < -0.4 is 15.5 Å². The highest BCUT2D eigenvalue weighted by atomic mass is 127. The molecule has 1 fully saturated rings. The lowest BCUT2D eigenvalue weighted by Crippen LogP contribution is -2.45. The van der Waals surface area contributed by atoms with Crippen molar-refractivity contribution in [2.24, 2.45) is 10.9 Å². The van der Waals surface area contributed by atoms with E-state index in [0.29, 0.717) is 19.2 Å². The second-order valence-electron chi connectivity index (χ2n) is 7.92. The number of carbonyl (C=O) groups excluding carboxylic acids is 1. The van der Waals surface area contributed by atoms with Crippen LogP contribution >= 0.6 is 24.0 Å². The third kappa shape index (κ3) is 6.69. The van der Waals surface area contributed by atoms with Crippen LogP contribution in [-0.4, -0.2) is 50.7 Å². The van der Waals surface area contributed by atoms with Crippen LogP contribution in [0.3, 0.4) is 0 Å². The molecule has 0 unspecified atom stereocenters. The summed E-state index contributed by atoms with van der Waals surface area (Å²) < 4.78 is 5.16. The normalized spacial score (nSPS) is 18.8. The molecular formula is C23H34IN5O2. The molecule has 170 valence electrons. The highest BCUT2D eigenvalue weighted by Gasteiger charge is 2.27. The number of halogens is 1. The van der Waals surface area contributed by atoms with Crippen LogP contribution in [0.15, 0.2) is 35.3 Å². The van der Waals surface area contributed by atoms with E-state index in [2.05, 4.69) is 27.8 Å². The zero-order valence-corrected chi connectivity index (χ0v) is 21.2. The molecule has 3 rings (SSSR count). The lowest BCUT2D eigenvalue weighted by molar-refractivity contribution is -0.149. The van der Waals surface area contributed by atoms with Crippen molar-refractivity contribution in [2.75, 3.05) is 32.6 Å². The Morgan fingerprint density at radius 3 is 2.58 bits per heavy atom. The first kappa shape index (κ1) is 25.2. The van der Waals surface area contributed by atoms with Crippen molar-refractivity contribution in [3.05, 3.63) is 35.9 Å². The van der Waals surface area contributed by atoms with E-state index in [1.807, 2.05) is 44.1 Å². The number of guanidine groups is 1. The molecule has 1 aliphatic carbocycles. The maximum absolute atomic E-state index is 11.9. The predicted octanol–water partition coefficient (Wildman–Crippen LogP) is 3.71. The molecule has 0 saturated heterocycles. The van der Waals surface area contributed by atoms with Crippen LogP contribution in [0.4, 0.5) is 5.82 Å². The molecule has 1 aromatic heterocycles. The van der Waals surface area contributed by atoms with Crippen LogP contribution in [0.1, 0.15) is 38.2 Å². The molecule has 0 aliphatic heterocycles. The number of anilines is 1. The third-order valence-electron chi connectivity index (χ3n) is 5.60. The molecule has 0 radical (unpaired) electrons. The number of para-hydroxylation sites is 1.